The van der Waals surface area contributed by atoms with Gasteiger partial charge in [0.25, 0.3) is 0 Å². The minimum Gasteiger partial charge on any atom is -0.423 e. The van der Waals surface area contributed by atoms with Crippen LogP contribution in [0.25, 0.3) is 11.6 Å². The summed E-state index contributed by atoms with van der Waals surface area (Å²) in [7, 11) is 0. The van der Waals surface area contributed by atoms with E-state index in [0.29, 0.717) is 16.9 Å². The zero-order chi connectivity index (χ0) is 17.5. The van der Waals surface area contributed by atoms with Crippen molar-refractivity contribution in [2.45, 2.75) is 0 Å². The Morgan fingerprint density at radius 2 is 1.48 bits per heavy atom. The van der Waals surface area contributed by atoms with Crippen LogP contribution in [0.4, 0.5) is 0 Å². The van der Waals surface area contributed by atoms with E-state index in [0.717, 1.165) is 11.1 Å². The molecule has 0 atom stereocenters. The van der Waals surface area contributed by atoms with Crippen LogP contribution in [0.1, 0.15) is 21.5 Å². The molecule has 3 heteroatoms. The van der Waals surface area contributed by atoms with Crippen LogP contribution in [0.3, 0.4) is 0 Å². The summed E-state index contributed by atoms with van der Waals surface area (Å²) in [6.07, 6.45) is 1.77. The van der Waals surface area contributed by atoms with E-state index in [4.69, 9.17) is 4.74 Å². The van der Waals surface area contributed by atoms with Gasteiger partial charge >= 0.3 is 5.97 Å². The molecule has 0 fully saturated rings. The van der Waals surface area contributed by atoms with E-state index in [1.54, 1.807) is 48.5 Å². The number of hydrogen-bond acceptors (Lipinski definition) is 3. The molecule has 0 aliphatic carbocycles. The van der Waals surface area contributed by atoms with Crippen molar-refractivity contribution < 1.29 is 9.53 Å². The average Bonchev–Trinajstić information content (AvgIpc) is 2.68. The molecule has 0 bridgehead atoms. The van der Waals surface area contributed by atoms with E-state index in [2.05, 4.69) is 6.07 Å². The predicted molar refractivity (Wildman–Crippen MR) is 97.8 cm³/mol. The van der Waals surface area contributed by atoms with Crippen LogP contribution in [0.2, 0.25) is 0 Å². The molecule has 0 unspecified atom stereocenters. The molecule has 0 radical (unpaired) electrons. The Balaban J connectivity index is 1.83. The maximum Gasteiger partial charge on any atom is 0.343 e. The molecule has 3 rings (SSSR count). The molecule has 3 nitrogen and oxygen atoms in total. The lowest BCUT2D eigenvalue weighted by atomic mass is 10.0. The van der Waals surface area contributed by atoms with E-state index in [1.807, 2.05) is 42.5 Å². The van der Waals surface area contributed by atoms with Crippen LogP contribution >= 0.6 is 0 Å². The third-order valence-corrected chi connectivity index (χ3v) is 3.59. The topological polar surface area (TPSA) is 50.1 Å². The zero-order valence-corrected chi connectivity index (χ0v) is 13.4. The molecule has 0 aromatic heterocycles. The summed E-state index contributed by atoms with van der Waals surface area (Å²) in [5, 5.41) is 9.40. The molecule has 0 aliphatic rings. The van der Waals surface area contributed by atoms with E-state index in [1.165, 1.54) is 0 Å². The van der Waals surface area contributed by atoms with Crippen LogP contribution in [0.15, 0.2) is 84.9 Å². The Bertz CT molecular complexity index is 939. The fourth-order valence-corrected chi connectivity index (χ4v) is 2.37. The van der Waals surface area contributed by atoms with Gasteiger partial charge < -0.3 is 4.74 Å². The first kappa shape index (κ1) is 16.2. The molecule has 0 saturated heterocycles. The lowest BCUT2D eigenvalue weighted by Gasteiger charge is -2.05. The van der Waals surface area contributed by atoms with Gasteiger partial charge in [-0.1, -0.05) is 60.7 Å². The first-order valence-electron chi connectivity index (χ1n) is 7.81. The van der Waals surface area contributed by atoms with Gasteiger partial charge in [0.15, 0.2) is 0 Å². The zero-order valence-electron chi connectivity index (χ0n) is 13.4. The van der Waals surface area contributed by atoms with Crippen LogP contribution in [-0.2, 0) is 0 Å². The van der Waals surface area contributed by atoms with Gasteiger partial charge in [-0.15, -0.1) is 0 Å². The molecular weight excluding hydrogens is 310 g/mol. The van der Waals surface area contributed by atoms with E-state index >= 15 is 0 Å². The van der Waals surface area contributed by atoms with Crippen LogP contribution in [0, 0.1) is 11.3 Å². The van der Waals surface area contributed by atoms with E-state index in [-0.39, 0.29) is 0 Å². The van der Waals surface area contributed by atoms with Gasteiger partial charge in [-0.25, -0.2) is 4.79 Å². The average molecular weight is 325 g/mol. The highest BCUT2D eigenvalue weighted by atomic mass is 16.5. The number of esters is 1. The minimum atomic E-state index is -0.412. The number of benzene rings is 3. The third kappa shape index (κ3) is 4.21. The van der Waals surface area contributed by atoms with Crippen molar-refractivity contribution in [3.63, 3.8) is 0 Å². The quantitative estimate of drug-likeness (QED) is 0.294. The maximum atomic E-state index is 12.1. The molecule has 3 aromatic rings. The monoisotopic (exact) mass is 325 g/mol. The second kappa shape index (κ2) is 7.76. The molecule has 0 aliphatic heterocycles. The number of hydrogen-bond donors (Lipinski definition) is 0. The second-order valence-electron chi connectivity index (χ2n) is 5.36. The van der Waals surface area contributed by atoms with Gasteiger partial charge in [-0.2, -0.15) is 5.26 Å². The summed E-state index contributed by atoms with van der Waals surface area (Å²) in [6.45, 7) is 0. The first-order valence-corrected chi connectivity index (χ1v) is 7.81. The lowest BCUT2D eigenvalue weighted by Crippen LogP contribution is -2.08. The van der Waals surface area contributed by atoms with Crippen molar-refractivity contribution in [2.24, 2.45) is 0 Å². The van der Waals surface area contributed by atoms with Crippen LogP contribution < -0.4 is 4.74 Å². The molecule has 120 valence electrons. The molecule has 0 heterocycles. The Morgan fingerprint density at radius 1 is 0.840 bits per heavy atom. The summed E-state index contributed by atoms with van der Waals surface area (Å²) in [5.41, 5.74) is 2.67. The Morgan fingerprint density at radius 3 is 2.12 bits per heavy atom. The summed E-state index contributed by atoms with van der Waals surface area (Å²) in [4.78, 5) is 12.1. The molecule has 0 N–H and O–H groups in total. The van der Waals surface area contributed by atoms with Gasteiger partial charge in [-0.3, -0.25) is 0 Å². The Kier molecular flexibility index (Phi) is 5.04. The van der Waals surface area contributed by atoms with Crippen molar-refractivity contribution in [3.8, 4) is 11.8 Å². The molecule has 0 saturated carbocycles. The predicted octanol–water partition coefficient (Wildman–Crippen LogP) is 4.97. The van der Waals surface area contributed by atoms with Crippen molar-refractivity contribution in [2.75, 3.05) is 0 Å². The van der Waals surface area contributed by atoms with Crippen LogP contribution in [0.5, 0.6) is 5.75 Å². The van der Waals surface area contributed by atoms with Crippen molar-refractivity contribution in [1.29, 1.82) is 5.26 Å². The molecular formula is C22H15NO2. The number of nitrogens with zero attached hydrogens (tertiary/aromatic N) is 1. The highest BCUT2D eigenvalue weighted by Crippen LogP contribution is 2.21. The van der Waals surface area contributed by atoms with Gasteiger partial charge in [0.05, 0.1) is 17.2 Å². The Labute approximate surface area is 146 Å². The molecule has 0 spiro atoms. The summed E-state index contributed by atoms with van der Waals surface area (Å²) < 4.78 is 5.41. The summed E-state index contributed by atoms with van der Waals surface area (Å²) >= 11 is 0. The molecule has 0 amide bonds. The van der Waals surface area contributed by atoms with Gasteiger partial charge in [0, 0.05) is 0 Å². The number of nitriles is 1. The second-order valence-corrected chi connectivity index (χ2v) is 5.36. The number of allylic oxidation sites excluding steroid dienone is 1. The third-order valence-electron chi connectivity index (χ3n) is 3.59. The number of rotatable bonds is 4. The smallest absolute Gasteiger partial charge is 0.343 e. The fraction of sp³-hybridized carbons (Fsp3) is 0. The van der Waals surface area contributed by atoms with Gasteiger partial charge in [0.1, 0.15) is 5.75 Å². The SMILES string of the molecule is N#C/C(=C/c1cccc(OC(=O)c2ccccc2)c1)c1ccccc1. The minimum absolute atomic E-state index is 0.412. The van der Waals surface area contributed by atoms with E-state index < -0.39 is 5.97 Å². The summed E-state index contributed by atoms with van der Waals surface area (Å²) in [5.74, 6) is 0.0262. The maximum absolute atomic E-state index is 12.1. The largest absolute Gasteiger partial charge is 0.423 e. The number of carbonyl (C=O) groups is 1. The normalized spacial score (nSPS) is 10.8. The molecule has 3 aromatic carbocycles. The summed E-state index contributed by atoms with van der Waals surface area (Å²) in [6, 6.07) is 27.6. The van der Waals surface area contributed by atoms with Crippen molar-refractivity contribution in [3.05, 3.63) is 102 Å². The first-order chi connectivity index (χ1) is 12.3. The van der Waals surface area contributed by atoms with E-state index in [9.17, 15) is 10.1 Å². The number of carbonyl (C=O) groups excluding carboxylic acids is 1. The standard InChI is InChI=1S/C22H15NO2/c23-16-20(18-9-3-1-4-10-18)14-17-8-7-13-21(15-17)25-22(24)19-11-5-2-6-12-19/h1-15H/b20-14-. The highest BCUT2D eigenvalue weighted by molar-refractivity contribution is 5.92. The highest BCUT2D eigenvalue weighted by Gasteiger charge is 2.08. The number of ether oxygens (including phenoxy) is 1. The lowest BCUT2D eigenvalue weighted by molar-refractivity contribution is 0.0735. The molecule has 25 heavy (non-hydrogen) atoms. The van der Waals surface area contributed by atoms with Crippen molar-refractivity contribution in [1.82, 2.24) is 0 Å². The van der Waals surface area contributed by atoms with Crippen molar-refractivity contribution >= 4 is 17.6 Å². The van der Waals surface area contributed by atoms with Gasteiger partial charge in [-0.05, 0) is 41.5 Å². The Hall–Kier alpha value is -3.64. The van der Waals surface area contributed by atoms with Crippen LogP contribution in [-0.4, -0.2) is 5.97 Å². The van der Waals surface area contributed by atoms with Gasteiger partial charge in [0.2, 0.25) is 0 Å². The fourth-order valence-electron chi connectivity index (χ4n) is 2.37.